The molecular weight excluding hydrogens is 336 g/mol. The molecule has 4 nitrogen and oxygen atoms in total. The van der Waals surface area contributed by atoms with E-state index in [4.69, 9.17) is 10.2 Å². The Morgan fingerprint density at radius 1 is 1.20 bits per heavy atom. The van der Waals surface area contributed by atoms with E-state index in [1.807, 2.05) is 35.2 Å². The molecule has 0 bridgehead atoms. The van der Waals surface area contributed by atoms with Crippen LogP contribution in [0.15, 0.2) is 40.8 Å². The van der Waals surface area contributed by atoms with Crippen LogP contribution < -0.4 is 5.73 Å². The second-order valence-electron chi connectivity index (χ2n) is 7.19. The van der Waals surface area contributed by atoms with Crippen LogP contribution in [0.4, 0.5) is 0 Å². The number of benzene rings is 1. The third-order valence-corrected chi connectivity index (χ3v) is 5.17. The standard InChI is InChI=1S/C20H24N2O2.ClH/c1-13-10-18(13)19-9-8-17(24-19)12-22(16-6-7-16)20(23)15-4-2-14(11-21)3-5-15;/h2-5,8-9,13,16,18H,6-7,10-12,21H2,1H3;1H. The number of amides is 1. The van der Waals surface area contributed by atoms with Gasteiger partial charge in [0.05, 0.1) is 6.54 Å². The minimum atomic E-state index is 0. The summed E-state index contributed by atoms with van der Waals surface area (Å²) in [5.74, 6) is 3.36. The Balaban J connectivity index is 0.00000182. The van der Waals surface area contributed by atoms with Crippen molar-refractivity contribution in [2.75, 3.05) is 0 Å². The molecule has 134 valence electrons. The van der Waals surface area contributed by atoms with Crippen LogP contribution in [0.3, 0.4) is 0 Å². The van der Waals surface area contributed by atoms with Gasteiger partial charge in [0.15, 0.2) is 0 Å². The lowest BCUT2D eigenvalue weighted by Gasteiger charge is -2.21. The number of carbonyl (C=O) groups excluding carboxylic acids is 1. The molecule has 2 unspecified atom stereocenters. The summed E-state index contributed by atoms with van der Waals surface area (Å²) in [6.07, 6.45) is 3.38. The molecule has 0 saturated heterocycles. The van der Waals surface area contributed by atoms with Gasteiger partial charge in [-0.05, 0) is 55.0 Å². The Kier molecular flexibility index (Phi) is 5.21. The highest BCUT2D eigenvalue weighted by Crippen LogP contribution is 2.47. The zero-order valence-electron chi connectivity index (χ0n) is 14.5. The molecule has 2 saturated carbocycles. The Bertz CT molecular complexity index is 736. The molecule has 0 radical (unpaired) electrons. The Labute approximate surface area is 154 Å². The van der Waals surface area contributed by atoms with Crippen LogP contribution in [0, 0.1) is 5.92 Å². The molecule has 2 aromatic rings. The van der Waals surface area contributed by atoms with Gasteiger partial charge in [-0.15, -0.1) is 12.4 Å². The van der Waals surface area contributed by atoms with Gasteiger partial charge in [-0.2, -0.15) is 0 Å². The lowest BCUT2D eigenvalue weighted by atomic mass is 10.1. The fraction of sp³-hybridized carbons (Fsp3) is 0.450. The van der Waals surface area contributed by atoms with Crippen LogP contribution in [0.2, 0.25) is 0 Å². The average Bonchev–Trinajstić information content (AvgIpc) is 3.53. The highest BCUT2D eigenvalue weighted by Gasteiger charge is 2.37. The van der Waals surface area contributed by atoms with E-state index in [1.165, 1.54) is 6.42 Å². The zero-order chi connectivity index (χ0) is 16.7. The van der Waals surface area contributed by atoms with E-state index < -0.39 is 0 Å². The zero-order valence-corrected chi connectivity index (χ0v) is 15.3. The molecule has 0 aliphatic heterocycles. The predicted molar refractivity (Wildman–Crippen MR) is 99.7 cm³/mol. The molecule has 2 atom stereocenters. The third-order valence-electron chi connectivity index (χ3n) is 5.17. The van der Waals surface area contributed by atoms with Crippen LogP contribution in [0.5, 0.6) is 0 Å². The van der Waals surface area contributed by atoms with Gasteiger partial charge in [0.1, 0.15) is 11.5 Å². The van der Waals surface area contributed by atoms with Crippen LogP contribution in [-0.4, -0.2) is 16.8 Å². The number of carbonyl (C=O) groups is 1. The van der Waals surface area contributed by atoms with Crippen LogP contribution >= 0.6 is 12.4 Å². The monoisotopic (exact) mass is 360 g/mol. The fourth-order valence-corrected chi connectivity index (χ4v) is 3.27. The number of nitrogens with two attached hydrogens (primary N) is 1. The molecular formula is C20H25ClN2O2. The smallest absolute Gasteiger partial charge is 0.254 e. The maximum Gasteiger partial charge on any atom is 0.254 e. The van der Waals surface area contributed by atoms with Crippen molar-refractivity contribution in [1.82, 2.24) is 4.90 Å². The number of hydrogen-bond acceptors (Lipinski definition) is 3. The quantitative estimate of drug-likeness (QED) is 0.844. The summed E-state index contributed by atoms with van der Waals surface area (Å²) in [6.45, 7) is 3.30. The van der Waals surface area contributed by atoms with Crippen molar-refractivity contribution in [3.63, 3.8) is 0 Å². The maximum absolute atomic E-state index is 12.9. The van der Waals surface area contributed by atoms with Crippen molar-refractivity contribution in [3.05, 3.63) is 59.0 Å². The number of hydrogen-bond donors (Lipinski definition) is 1. The molecule has 2 aliphatic rings. The molecule has 2 N–H and O–H groups in total. The predicted octanol–water partition coefficient (Wildman–Crippen LogP) is 4.09. The Morgan fingerprint density at radius 3 is 2.44 bits per heavy atom. The van der Waals surface area contributed by atoms with Gasteiger partial charge >= 0.3 is 0 Å². The van der Waals surface area contributed by atoms with Gasteiger partial charge < -0.3 is 15.1 Å². The molecule has 1 aromatic carbocycles. The van der Waals surface area contributed by atoms with Crippen LogP contribution in [0.25, 0.3) is 0 Å². The van der Waals surface area contributed by atoms with Gasteiger partial charge in [0.25, 0.3) is 5.91 Å². The summed E-state index contributed by atoms with van der Waals surface area (Å²) < 4.78 is 6.00. The lowest BCUT2D eigenvalue weighted by Crippen LogP contribution is -2.32. The number of rotatable bonds is 6. The Hall–Kier alpha value is -1.78. The SMILES string of the molecule is CC1CC1c1ccc(CN(C(=O)c2ccc(CN)cc2)C2CC2)o1.Cl. The van der Waals surface area contributed by atoms with Crippen molar-refractivity contribution in [3.8, 4) is 0 Å². The van der Waals surface area contributed by atoms with E-state index in [-0.39, 0.29) is 18.3 Å². The summed E-state index contributed by atoms with van der Waals surface area (Å²) in [6, 6.07) is 12.1. The molecule has 1 heterocycles. The highest BCUT2D eigenvalue weighted by atomic mass is 35.5. The van der Waals surface area contributed by atoms with Gasteiger partial charge in [0.2, 0.25) is 0 Å². The molecule has 1 amide bonds. The topological polar surface area (TPSA) is 59.5 Å². The highest BCUT2D eigenvalue weighted by molar-refractivity contribution is 5.94. The first-order valence-electron chi connectivity index (χ1n) is 8.84. The number of furan rings is 1. The molecule has 0 spiro atoms. The number of nitrogens with zero attached hydrogens (tertiary/aromatic N) is 1. The summed E-state index contributed by atoms with van der Waals surface area (Å²) in [7, 11) is 0. The molecule has 25 heavy (non-hydrogen) atoms. The number of halogens is 1. The second-order valence-corrected chi connectivity index (χ2v) is 7.19. The van der Waals surface area contributed by atoms with E-state index in [0.717, 1.165) is 41.4 Å². The van der Waals surface area contributed by atoms with Gasteiger partial charge in [0, 0.05) is 24.1 Å². The summed E-state index contributed by atoms with van der Waals surface area (Å²) in [5.41, 5.74) is 7.39. The molecule has 2 fully saturated rings. The summed E-state index contributed by atoms with van der Waals surface area (Å²) in [5, 5.41) is 0. The molecule has 1 aromatic heterocycles. The maximum atomic E-state index is 12.9. The van der Waals surface area contributed by atoms with E-state index in [2.05, 4.69) is 13.0 Å². The van der Waals surface area contributed by atoms with Crippen molar-refractivity contribution in [1.29, 1.82) is 0 Å². The lowest BCUT2D eigenvalue weighted by molar-refractivity contribution is 0.0716. The van der Waals surface area contributed by atoms with E-state index in [9.17, 15) is 4.79 Å². The van der Waals surface area contributed by atoms with Crippen LogP contribution in [-0.2, 0) is 13.1 Å². The molecule has 4 rings (SSSR count). The largest absolute Gasteiger partial charge is 0.464 e. The van der Waals surface area contributed by atoms with E-state index in [1.54, 1.807) is 0 Å². The summed E-state index contributed by atoms with van der Waals surface area (Å²) in [4.78, 5) is 14.8. The van der Waals surface area contributed by atoms with Gasteiger partial charge in [-0.3, -0.25) is 4.79 Å². The van der Waals surface area contributed by atoms with Crippen molar-refractivity contribution >= 4 is 18.3 Å². The first kappa shape index (κ1) is 18.0. The molecule has 5 heteroatoms. The van der Waals surface area contributed by atoms with Gasteiger partial charge in [-0.1, -0.05) is 19.1 Å². The van der Waals surface area contributed by atoms with Gasteiger partial charge in [-0.25, -0.2) is 0 Å². The average molecular weight is 361 g/mol. The van der Waals surface area contributed by atoms with E-state index in [0.29, 0.717) is 25.0 Å². The minimum absolute atomic E-state index is 0. The Morgan fingerprint density at radius 2 is 1.88 bits per heavy atom. The first-order chi connectivity index (χ1) is 11.7. The normalized spacial score (nSPS) is 21.5. The van der Waals surface area contributed by atoms with Crippen LogP contribution in [0.1, 0.15) is 59.5 Å². The van der Waals surface area contributed by atoms with Crippen molar-refractivity contribution < 1.29 is 9.21 Å². The second kappa shape index (κ2) is 7.22. The first-order valence-corrected chi connectivity index (χ1v) is 8.84. The fourth-order valence-electron chi connectivity index (χ4n) is 3.27. The van der Waals surface area contributed by atoms with E-state index >= 15 is 0 Å². The third kappa shape index (κ3) is 3.91. The summed E-state index contributed by atoms with van der Waals surface area (Å²) >= 11 is 0. The van der Waals surface area contributed by atoms with Crippen molar-refractivity contribution in [2.45, 2.75) is 51.2 Å². The van der Waals surface area contributed by atoms with Crippen molar-refractivity contribution in [2.24, 2.45) is 11.7 Å². The molecule has 2 aliphatic carbocycles. The minimum Gasteiger partial charge on any atom is -0.464 e.